The lowest BCUT2D eigenvalue weighted by atomic mass is 9.57. The number of ketones is 1. The highest BCUT2D eigenvalue weighted by Gasteiger charge is 2.47. The summed E-state index contributed by atoms with van der Waals surface area (Å²) in [4.78, 5) is 12.5. The average molecular weight is 226 g/mol. The van der Waals surface area contributed by atoms with Crippen molar-refractivity contribution in [2.24, 2.45) is 5.92 Å². The molecule has 1 saturated carbocycles. The Morgan fingerprint density at radius 3 is 2.76 bits per heavy atom. The monoisotopic (exact) mass is 226 g/mol. The first-order valence-corrected chi connectivity index (χ1v) is 6.58. The van der Waals surface area contributed by atoms with Crippen LogP contribution in [0.15, 0.2) is 42.5 Å². The molecule has 0 unspecified atom stereocenters. The highest BCUT2D eigenvalue weighted by Crippen LogP contribution is 2.48. The van der Waals surface area contributed by atoms with Crippen molar-refractivity contribution in [2.75, 3.05) is 0 Å². The number of Topliss-reactive ketones (excluding diaryl/α,β-unsaturated/α-hetero) is 1. The number of carbonyl (C=O) groups excluding carboxylic acids is 1. The van der Waals surface area contributed by atoms with Crippen molar-refractivity contribution in [3.63, 3.8) is 0 Å². The fourth-order valence-electron chi connectivity index (χ4n) is 3.59. The van der Waals surface area contributed by atoms with Crippen LogP contribution in [0.1, 0.15) is 37.7 Å². The van der Waals surface area contributed by atoms with Gasteiger partial charge in [-0.3, -0.25) is 4.79 Å². The molecule has 1 fully saturated rings. The SMILES string of the molecule is O=C1CCC[C@@H]2CC=CC[C@]12c1ccccc1. The molecule has 1 heteroatoms. The van der Waals surface area contributed by atoms with E-state index < -0.39 is 0 Å². The molecule has 1 aromatic carbocycles. The summed E-state index contributed by atoms with van der Waals surface area (Å²) in [5.74, 6) is 0.987. The van der Waals surface area contributed by atoms with Gasteiger partial charge in [0.25, 0.3) is 0 Å². The lowest BCUT2D eigenvalue weighted by Gasteiger charge is -2.44. The van der Waals surface area contributed by atoms with Crippen LogP contribution >= 0.6 is 0 Å². The average Bonchev–Trinajstić information content (AvgIpc) is 2.40. The van der Waals surface area contributed by atoms with Crippen molar-refractivity contribution >= 4 is 5.78 Å². The Morgan fingerprint density at radius 2 is 1.94 bits per heavy atom. The van der Waals surface area contributed by atoms with Crippen LogP contribution in [0.25, 0.3) is 0 Å². The van der Waals surface area contributed by atoms with Gasteiger partial charge in [-0.15, -0.1) is 0 Å². The topological polar surface area (TPSA) is 17.1 Å². The van der Waals surface area contributed by atoms with Crippen LogP contribution in [0.4, 0.5) is 0 Å². The van der Waals surface area contributed by atoms with Crippen molar-refractivity contribution in [1.29, 1.82) is 0 Å². The van der Waals surface area contributed by atoms with E-state index in [1.165, 1.54) is 12.0 Å². The Morgan fingerprint density at radius 1 is 1.12 bits per heavy atom. The molecule has 0 bridgehead atoms. The van der Waals surface area contributed by atoms with Crippen LogP contribution in [0, 0.1) is 5.92 Å². The van der Waals surface area contributed by atoms with Gasteiger partial charge in [0.15, 0.2) is 0 Å². The summed E-state index contributed by atoms with van der Waals surface area (Å²) in [6.07, 6.45) is 9.47. The van der Waals surface area contributed by atoms with E-state index in [4.69, 9.17) is 0 Å². The molecule has 0 amide bonds. The summed E-state index contributed by atoms with van der Waals surface area (Å²) in [5.41, 5.74) is 1.04. The molecule has 2 atom stereocenters. The van der Waals surface area contributed by atoms with Crippen LogP contribution in [0.2, 0.25) is 0 Å². The lowest BCUT2D eigenvalue weighted by molar-refractivity contribution is -0.129. The molecule has 0 saturated heterocycles. The maximum atomic E-state index is 12.5. The zero-order chi connectivity index (χ0) is 11.7. The zero-order valence-corrected chi connectivity index (χ0v) is 10.1. The number of carbonyl (C=O) groups is 1. The van der Waals surface area contributed by atoms with Gasteiger partial charge in [0.05, 0.1) is 5.41 Å². The quantitative estimate of drug-likeness (QED) is 0.668. The van der Waals surface area contributed by atoms with Crippen LogP contribution in [0.5, 0.6) is 0 Å². The third-order valence-corrected chi connectivity index (χ3v) is 4.47. The summed E-state index contributed by atoms with van der Waals surface area (Å²) < 4.78 is 0. The summed E-state index contributed by atoms with van der Waals surface area (Å²) >= 11 is 0. The van der Waals surface area contributed by atoms with Crippen LogP contribution in [0.3, 0.4) is 0 Å². The fourth-order valence-corrected chi connectivity index (χ4v) is 3.59. The molecule has 0 aliphatic heterocycles. The first-order valence-electron chi connectivity index (χ1n) is 6.58. The van der Waals surface area contributed by atoms with Crippen LogP contribution in [-0.2, 0) is 10.2 Å². The van der Waals surface area contributed by atoms with Crippen LogP contribution < -0.4 is 0 Å². The van der Waals surface area contributed by atoms with E-state index in [0.29, 0.717) is 11.7 Å². The summed E-state index contributed by atoms with van der Waals surface area (Å²) in [7, 11) is 0. The predicted molar refractivity (Wildman–Crippen MR) is 68.8 cm³/mol. The molecule has 0 heterocycles. The highest BCUT2D eigenvalue weighted by molar-refractivity contribution is 5.91. The standard InChI is InChI=1S/C16H18O/c17-15-11-6-10-14-9-4-5-12-16(14,15)13-7-2-1-3-8-13/h1-5,7-8,14H,6,9-12H2/t14-,16+/m0/s1. The predicted octanol–water partition coefficient (Wildman–Crippen LogP) is 3.64. The van der Waals surface area contributed by atoms with Crippen molar-refractivity contribution in [1.82, 2.24) is 0 Å². The van der Waals surface area contributed by atoms with E-state index >= 15 is 0 Å². The van der Waals surface area contributed by atoms with Gasteiger partial charge < -0.3 is 0 Å². The van der Waals surface area contributed by atoms with Gasteiger partial charge in [0.2, 0.25) is 0 Å². The maximum absolute atomic E-state index is 12.5. The second-order valence-electron chi connectivity index (χ2n) is 5.26. The van der Waals surface area contributed by atoms with Crippen molar-refractivity contribution in [2.45, 2.75) is 37.5 Å². The number of allylic oxidation sites excluding steroid dienone is 2. The van der Waals surface area contributed by atoms with E-state index in [2.05, 4.69) is 36.4 Å². The smallest absolute Gasteiger partial charge is 0.144 e. The van der Waals surface area contributed by atoms with E-state index in [1.807, 2.05) is 6.07 Å². The van der Waals surface area contributed by atoms with Gasteiger partial charge in [-0.05, 0) is 37.2 Å². The Labute approximate surface area is 103 Å². The molecule has 3 rings (SSSR count). The van der Waals surface area contributed by atoms with Crippen molar-refractivity contribution in [3.05, 3.63) is 48.0 Å². The van der Waals surface area contributed by atoms with Gasteiger partial charge in [-0.1, -0.05) is 42.5 Å². The Bertz CT molecular complexity index is 446. The minimum Gasteiger partial charge on any atom is -0.299 e. The van der Waals surface area contributed by atoms with Crippen molar-refractivity contribution in [3.8, 4) is 0 Å². The fraction of sp³-hybridized carbons (Fsp3) is 0.438. The molecule has 88 valence electrons. The number of hydrogen-bond acceptors (Lipinski definition) is 1. The van der Waals surface area contributed by atoms with Gasteiger partial charge >= 0.3 is 0 Å². The van der Waals surface area contributed by atoms with E-state index in [9.17, 15) is 4.79 Å². The second-order valence-corrected chi connectivity index (χ2v) is 5.26. The molecule has 0 spiro atoms. The number of rotatable bonds is 1. The highest BCUT2D eigenvalue weighted by atomic mass is 16.1. The summed E-state index contributed by atoms with van der Waals surface area (Å²) in [6.45, 7) is 0. The molecule has 0 aromatic heterocycles. The minimum absolute atomic E-state index is 0.200. The third-order valence-electron chi connectivity index (χ3n) is 4.47. The minimum atomic E-state index is -0.200. The molecule has 2 aliphatic carbocycles. The third kappa shape index (κ3) is 1.56. The normalized spacial score (nSPS) is 32.2. The molecular formula is C16H18O. The first-order chi connectivity index (χ1) is 8.34. The number of benzene rings is 1. The molecule has 17 heavy (non-hydrogen) atoms. The van der Waals surface area contributed by atoms with E-state index in [1.54, 1.807) is 0 Å². The van der Waals surface area contributed by atoms with Crippen LogP contribution in [-0.4, -0.2) is 5.78 Å². The first kappa shape index (κ1) is 10.8. The lowest BCUT2D eigenvalue weighted by Crippen LogP contribution is -2.46. The maximum Gasteiger partial charge on any atom is 0.144 e. The second kappa shape index (κ2) is 4.14. The number of hydrogen-bond donors (Lipinski definition) is 0. The molecule has 1 nitrogen and oxygen atoms in total. The Hall–Kier alpha value is -1.37. The van der Waals surface area contributed by atoms with Gasteiger partial charge in [0, 0.05) is 6.42 Å². The molecule has 1 aromatic rings. The number of fused-ring (bicyclic) bond motifs is 1. The largest absolute Gasteiger partial charge is 0.299 e. The summed E-state index contributed by atoms with van der Waals surface area (Å²) in [6, 6.07) is 10.4. The Kier molecular flexibility index (Phi) is 2.62. The summed E-state index contributed by atoms with van der Waals surface area (Å²) in [5, 5.41) is 0. The molecule has 2 aliphatic rings. The Balaban J connectivity index is 2.11. The van der Waals surface area contributed by atoms with Gasteiger partial charge in [-0.25, -0.2) is 0 Å². The van der Waals surface area contributed by atoms with Gasteiger partial charge in [0.1, 0.15) is 5.78 Å². The zero-order valence-electron chi connectivity index (χ0n) is 10.1. The molecule has 0 N–H and O–H groups in total. The van der Waals surface area contributed by atoms with E-state index in [-0.39, 0.29) is 5.41 Å². The van der Waals surface area contributed by atoms with E-state index in [0.717, 1.165) is 25.7 Å². The molecule has 0 radical (unpaired) electrons. The van der Waals surface area contributed by atoms with Crippen molar-refractivity contribution < 1.29 is 4.79 Å². The van der Waals surface area contributed by atoms with Gasteiger partial charge in [-0.2, -0.15) is 0 Å². The molecular weight excluding hydrogens is 208 g/mol.